The van der Waals surface area contributed by atoms with Crippen molar-refractivity contribution in [2.24, 2.45) is 5.92 Å². The van der Waals surface area contributed by atoms with Crippen molar-refractivity contribution in [3.05, 3.63) is 65.5 Å². The maximum atomic E-state index is 13.2. The van der Waals surface area contributed by atoms with E-state index in [1.165, 1.54) is 17.0 Å². The molecule has 0 unspecified atom stereocenters. The highest BCUT2D eigenvalue weighted by atomic mass is 19.4. The summed E-state index contributed by atoms with van der Waals surface area (Å²) in [7, 11) is 0. The van der Waals surface area contributed by atoms with Crippen molar-refractivity contribution in [1.29, 1.82) is 0 Å². The third-order valence-corrected chi connectivity index (χ3v) is 6.28. The average Bonchev–Trinajstić information content (AvgIpc) is 3.01. The molecule has 2 amide bonds. The first-order valence-corrected chi connectivity index (χ1v) is 11.6. The number of ether oxygens (including phenoxy) is 2. The molecular formula is C25H28F3N3O4. The topological polar surface area (TPSA) is 72.0 Å². The summed E-state index contributed by atoms with van der Waals surface area (Å²) in [6, 6.07) is 7.92. The predicted octanol–water partition coefficient (Wildman–Crippen LogP) is 3.40. The van der Waals surface area contributed by atoms with Crippen LogP contribution < -0.4 is 0 Å². The minimum absolute atomic E-state index is 0.0886. The Labute approximate surface area is 201 Å². The van der Waals surface area contributed by atoms with E-state index in [4.69, 9.17) is 9.47 Å². The smallest absolute Gasteiger partial charge is 0.381 e. The molecule has 3 heterocycles. The lowest BCUT2D eigenvalue weighted by Crippen LogP contribution is -2.42. The molecule has 0 radical (unpaired) electrons. The maximum Gasteiger partial charge on any atom is 0.416 e. The number of halogens is 3. The number of carbonyl (C=O) groups excluding carboxylic acids is 2. The largest absolute Gasteiger partial charge is 0.416 e. The van der Waals surface area contributed by atoms with Crippen molar-refractivity contribution >= 4 is 11.8 Å². The summed E-state index contributed by atoms with van der Waals surface area (Å²) in [6.45, 7) is 2.23. The number of rotatable bonds is 6. The van der Waals surface area contributed by atoms with Gasteiger partial charge in [-0.05, 0) is 48.6 Å². The Bertz CT molecular complexity index is 1010. The van der Waals surface area contributed by atoms with Crippen LogP contribution in [0.3, 0.4) is 0 Å². The highest BCUT2D eigenvalue weighted by Crippen LogP contribution is 2.30. The molecule has 1 aromatic heterocycles. The zero-order valence-corrected chi connectivity index (χ0v) is 19.2. The van der Waals surface area contributed by atoms with Crippen molar-refractivity contribution in [3.63, 3.8) is 0 Å². The van der Waals surface area contributed by atoms with E-state index in [1.54, 1.807) is 23.4 Å². The van der Waals surface area contributed by atoms with E-state index >= 15 is 0 Å². The summed E-state index contributed by atoms with van der Waals surface area (Å²) in [6.07, 6.45) is -0.0564. The van der Waals surface area contributed by atoms with Gasteiger partial charge in [0, 0.05) is 50.8 Å². The standard InChI is InChI=1S/C25H28F3N3O4/c26-25(27,28)21-5-1-4-20(11-21)24(33)31-15-22(35-17-19-3-2-8-29-12-19)14-30(23(32)16-31)13-18-6-9-34-10-7-18/h1-5,8,11-12,18,22H,6-7,9-10,13-17H2/t22-/m1/s1. The minimum atomic E-state index is -4.57. The zero-order valence-electron chi connectivity index (χ0n) is 19.2. The lowest BCUT2D eigenvalue weighted by molar-refractivity contribution is -0.137. The fourth-order valence-corrected chi connectivity index (χ4v) is 4.36. The number of benzene rings is 1. The molecule has 35 heavy (non-hydrogen) atoms. The van der Waals surface area contributed by atoms with E-state index in [0.717, 1.165) is 30.5 Å². The van der Waals surface area contributed by atoms with Crippen molar-refractivity contribution in [3.8, 4) is 0 Å². The Balaban J connectivity index is 1.52. The Morgan fingerprint density at radius 3 is 2.66 bits per heavy atom. The minimum Gasteiger partial charge on any atom is -0.381 e. The van der Waals surface area contributed by atoms with Gasteiger partial charge in [-0.25, -0.2) is 0 Å². The Morgan fingerprint density at radius 2 is 1.94 bits per heavy atom. The average molecular weight is 492 g/mol. The second-order valence-corrected chi connectivity index (χ2v) is 8.91. The van der Waals surface area contributed by atoms with Gasteiger partial charge in [0.05, 0.1) is 18.3 Å². The first-order valence-electron chi connectivity index (χ1n) is 11.6. The monoisotopic (exact) mass is 491 g/mol. The molecule has 2 fully saturated rings. The summed E-state index contributed by atoms with van der Waals surface area (Å²) in [5, 5.41) is 0. The summed E-state index contributed by atoms with van der Waals surface area (Å²) >= 11 is 0. The molecule has 2 aromatic rings. The van der Waals surface area contributed by atoms with Crippen LogP contribution >= 0.6 is 0 Å². The SMILES string of the molecule is O=C1CN(C(=O)c2cccc(C(F)(F)F)c2)C[C@H](OCc2cccnc2)CN1CC1CCOCC1. The Kier molecular flexibility index (Phi) is 8.02. The van der Waals surface area contributed by atoms with Gasteiger partial charge in [0.2, 0.25) is 5.91 Å². The van der Waals surface area contributed by atoms with Crippen LogP contribution in [0.2, 0.25) is 0 Å². The van der Waals surface area contributed by atoms with Gasteiger partial charge >= 0.3 is 6.18 Å². The lowest BCUT2D eigenvalue weighted by atomic mass is 9.99. The summed E-state index contributed by atoms with van der Waals surface area (Å²) in [5.41, 5.74) is -0.179. The number of carbonyl (C=O) groups is 2. The van der Waals surface area contributed by atoms with Crippen LogP contribution in [0.15, 0.2) is 48.8 Å². The van der Waals surface area contributed by atoms with Crippen LogP contribution in [0, 0.1) is 5.92 Å². The van der Waals surface area contributed by atoms with Crippen molar-refractivity contribution in [2.45, 2.75) is 31.7 Å². The van der Waals surface area contributed by atoms with E-state index in [0.29, 0.717) is 26.3 Å². The lowest BCUT2D eigenvalue weighted by Gasteiger charge is -2.30. The van der Waals surface area contributed by atoms with Gasteiger partial charge in [-0.15, -0.1) is 0 Å². The van der Waals surface area contributed by atoms with Crippen molar-refractivity contribution in [2.75, 3.05) is 39.4 Å². The van der Waals surface area contributed by atoms with Gasteiger partial charge < -0.3 is 19.3 Å². The van der Waals surface area contributed by atoms with Crippen LogP contribution in [0.1, 0.15) is 34.3 Å². The number of hydrogen-bond donors (Lipinski definition) is 0. The quantitative estimate of drug-likeness (QED) is 0.620. The molecule has 1 aromatic carbocycles. The first kappa shape index (κ1) is 25.1. The van der Waals surface area contributed by atoms with Crippen molar-refractivity contribution in [1.82, 2.24) is 14.8 Å². The molecule has 188 valence electrons. The van der Waals surface area contributed by atoms with Crippen LogP contribution in [-0.2, 0) is 27.1 Å². The Hall–Kier alpha value is -2.98. The van der Waals surface area contributed by atoms with E-state index in [2.05, 4.69) is 4.98 Å². The molecule has 2 saturated heterocycles. The number of aromatic nitrogens is 1. The molecule has 0 bridgehead atoms. The molecule has 1 atom stereocenters. The third kappa shape index (κ3) is 6.79. The number of hydrogen-bond acceptors (Lipinski definition) is 5. The summed E-state index contributed by atoms with van der Waals surface area (Å²) < 4.78 is 51.0. The highest BCUT2D eigenvalue weighted by molar-refractivity contribution is 5.97. The van der Waals surface area contributed by atoms with Gasteiger partial charge in [-0.3, -0.25) is 14.6 Å². The van der Waals surface area contributed by atoms with E-state index < -0.39 is 23.8 Å². The van der Waals surface area contributed by atoms with E-state index in [-0.39, 0.29) is 37.1 Å². The first-order chi connectivity index (χ1) is 16.8. The molecule has 0 aliphatic carbocycles. The van der Waals surface area contributed by atoms with Crippen molar-refractivity contribution < 1.29 is 32.2 Å². The molecule has 10 heteroatoms. The second-order valence-electron chi connectivity index (χ2n) is 8.91. The Morgan fingerprint density at radius 1 is 1.14 bits per heavy atom. The molecule has 2 aliphatic heterocycles. The number of nitrogens with zero attached hydrogens (tertiary/aromatic N) is 3. The van der Waals surface area contributed by atoms with Gasteiger partial charge in [-0.1, -0.05) is 12.1 Å². The fraction of sp³-hybridized carbons (Fsp3) is 0.480. The number of alkyl halides is 3. The predicted molar refractivity (Wildman–Crippen MR) is 120 cm³/mol. The molecule has 0 N–H and O–H groups in total. The summed E-state index contributed by atoms with van der Waals surface area (Å²) in [4.78, 5) is 33.4. The van der Waals surface area contributed by atoms with Gasteiger partial charge in [0.1, 0.15) is 6.54 Å². The van der Waals surface area contributed by atoms with Crippen LogP contribution in [0.25, 0.3) is 0 Å². The highest BCUT2D eigenvalue weighted by Gasteiger charge is 2.34. The van der Waals surface area contributed by atoms with Gasteiger partial charge in [0.15, 0.2) is 0 Å². The maximum absolute atomic E-state index is 13.2. The molecule has 4 rings (SSSR count). The van der Waals surface area contributed by atoms with Crippen LogP contribution in [0.4, 0.5) is 13.2 Å². The van der Waals surface area contributed by atoms with Crippen LogP contribution in [0.5, 0.6) is 0 Å². The third-order valence-electron chi connectivity index (χ3n) is 6.28. The van der Waals surface area contributed by atoms with Gasteiger partial charge in [0.25, 0.3) is 5.91 Å². The molecule has 0 saturated carbocycles. The molecule has 0 spiro atoms. The fourth-order valence-electron chi connectivity index (χ4n) is 4.36. The summed E-state index contributed by atoms with van der Waals surface area (Å²) in [5.74, 6) is -0.589. The molecule has 7 nitrogen and oxygen atoms in total. The number of amides is 2. The molecule has 2 aliphatic rings. The van der Waals surface area contributed by atoms with Crippen LogP contribution in [-0.4, -0.2) is 72.1 Å². The van der Waals surface area contributed by atoms with E-state index in [9.17, 15) is 22.8 Å². The van der Waals surface area contributed by atoms with Gasteiger partial charge in [-0.2, -0.15) is 13.2 Å². The number of pyridine rings is 1. The zero-order chi connectivity index (χ0) is 24.8. The second kappa shape index (κ2) is 11.2. The normalized spacial score (nSPS) is 20.1. The molecular weight excluding hydrogens is 463 g/mol. The van der Waals surface area contributed by atoms with E-state index in [1.807, 2.05) is 6.07 Å².